The summed E-state index contributed by atoms with van der Waals surface area (Å²) in [4.78, 5) is 12.1. The van der Waals surface area contributed by atoms with Gasteiger partial charge < -0.3 is 0 Å². The SMILES string of the molecule is CC(C)C(=O)C1(C)C[C@H](C)C(C)(C)C1. The van der Waals surface area contributed by atoms with Gasteiger partial charge in [0.1, 0.15) is 5.78 Å². The van der Waals surface area contributed by atoms with E-state index in [9.17, 15) is 4.79 Å². The van der Waals surface area contributed by atoms with Crippen molar-refractivity contribution in [1.29, 1.82) is 0 Å². The van der Waals surface area contributed by atoms with Crippen LogP contribution in [-0.2, 0) is 4.79 Å². The van der Waals surface area contributed by atoms with Crippen LogP contribution in [0, 0.1) is 22.7 Å². The standard InChI is InChI=1S/C13H24O/c1-9(2)11(14)13(6)7-10(3)12(4,5)8-13/h9-10H,7-8H2,1-6H3/t10-,13?/m0/s1. The first-order chi connectivity index (χ1) is 6.19. The van der Waals surface area contributed by atoms with E-state index < -0.39 is 0 Å². The first-order valence-corrected chi connectivity index (χ1v) is 5.73. The number of rotatable bonds is 2. The summed E-state index contributed by atoms with van der Waals surface area (Å²) in [6.45, 7) is 13.0. The summed E-state index contributed by atoms with van der Waals surface area (Å²) >= 11 is 0. The fourth-order valence-electron chi connectivity index (χ4n) is 3.09. The Morgan fingerprint density at radius 1 is 1.29 bits per heavy atom. The minimum atomic E-state index is -0.0584. The summed E-state index contributed by atoms with van der Waals surface area (Å²) in [5.74, 6) is 1.30. The van der Waals surface area contributed by atoms with Gasteiger partial charge in [0.15, 0.2) is 0 Å². The Hall–Kier alpha value is -0.330. The maximum Gasteiger partial charge on any atom is 0.141 e. The predicted molar refractivity (Wildman–Crippen MR) is 60.1 cm³/mol. The summed E-state index contributed by atoms with van der Waals surface area (Å²) in [7, 11) is 0. The lowest BCUT2D eigenvalue weighted by atomic mass is 9.76. The van der Waals surface area contributed by atoms with Crippen LogP contribution in [0.4, 0.5) is 0 Å². The lowest BCUT2D eigenvalue weighted by molar-refractivity contribution is -0.131. The van der Waals surface area contributed by atoms with Gasteiger partial charge in [-0.1, -0.05) is 41.5 Å². The van der Waals surface area contributed by atoms with Gasteiger partial charge >= 0.3 is 0 Å². The predicted octanol–water partition coefficient (Wildman–Crippen LogP) is 3.67. The fraction of sp³-hybridized carbons (Fsp3) is 0.923. The van der Waals surface area contributed by atoms with E-state index in [-0.39, 0.29) is 11.3 Å². The molecular formula is C13H24O. The van der Waals surface area contributed by atoms with Crippen LogP contribution in [0.2, 0.25) is 0 Å². The lowest BCUT2D eigenvalue weighted by Crippen LogP contribution is -2.29. The zero-order valence-electron chi connectivity index (χ0n) is 10.5. The van der Waals surface area contributed by atoms with E-state index in [0.29, 0.717) is 17.1 Å². The fourth-order valence-corrected chi connectivity index (χ4v) is 3.09. The second-order valence-electron chi connectivity index (χ2n) is 6.35. The van der Waals surface area contributed by atoms with E-state index in [0.717, 1.165) is 12.8 Å². The highest BCUT2D eigenvalue weighted by Crippen LogP contribution is 2.53. The van der Waals surface area contributed by atoms with Crippen molar-refractivity contribution in [2.45, 2.75) is 54.4 Å². The molecule has 1 heteroatoms. The van der Waals surface area contributed by atoms with Crippen molar-refractivity contribution in [2.75, 3.05) is 0 Å². The molecule has 1 nitrogen and oxygen atoms in total. The van der Waals surface area contributed by atoms with Crippen molar-refractivity contribution in [3.63, 3.8) is 0 Å². The van der Waals surface area contributed by atoms with Crippen molar-refractivity contribution in [3.05, 3.63) is 0 Å². The van der Waals surface area contributed by atoms with E-state index in [1.165, 1.54) is 0 Å². The maximum atomic E-state index is 12.1. The van der Waals surface area contributed by atoms with Crippen LogP contribution >= 0.6 is 0 Å². The van der Waals surface area contributed by atoms with Crippen LogP contribution in [0.15, 0.2) is 0 Å². The van der Waals surface area contributed by atoms with Crippen LogP contribution in [0.25, 0.3) is 0 Å². The van der Waals surface area contributed by atoms with E-state index in [1.54, 1.807) is 0 Å². The molecule has 1 saturated carbocycles. The first-order valence-electron chi connectivity index (χ1n) is 5.73. The molecule has 0 aromatic heterocycles. The zero-order chi connectivity index (χ0) is 11.1. The molecule has 0 aliphatic heterocycles. The summed E-state index contributed by atoms with van der Waals surface area (Å²) in [6, 6.07) is 0. The Bertz CT molecular complexity index is 240. The molecule has 0 saturated heterocycles. The largest absolute Gasteiger partial charge is 0.299 e. The second kappa shape index (κ2) is 3.36. The molecule has 0 aromatic rings. The molecule has 0 amide bonds. The summed E-state index contributed by atoms with van der Waals surface area (Å²) in [5, 5.41) is 0. The Labute approximate surface area is 88.3 Å². The third kappa shape index (κ3) is 1.87. The Balaban J connectivity index is 2.86. The molecule has 14 heavy (non-hydrogen) atoms. The topological polar surface area (TPSA) is 17.1 Å². The number of hydrogen-bond donors (Lipinski definition) is 0. The monoisotopic (exact) mass is 196 g/mol. The van der Waals surface area contributed by atoms with Crippen LogP contribution in [0.3, 0.4) is 0 Å². The molecule has 0 radical (unpaired) electrons. The van der Waals surface area contributed by atoms with Crippen LogP contribution in [-0.4, -0.2) is 5.78 Å². The zero-order valence-corrected chi connectivity index (χ0v) is 10.5. The first kappa shape index (κ1) is 11.7. The molecule has 1 fully saturated rings. The van der Waals surface area contributed by atoms with E-state index in [4.69, 9.17) is 0 Å². The Kier molecular flexibility index (Phi) is 2.82. The van der Waals surface area contributed by atoms with Gasteiger partial charge in [-0.3, -0.25) is 4.79 Å². The van der Waals surface area contributed by atoms with Gasteiger partial charge in [-0.25, -0.2) is 0 Å². The summed E-state index contributed by atoms with van der Waals surface area (Å²) in [5.41, 5.74) is 0.274. The molecule has 0 heterocycles. The van der Waals surface area contributed by atoms with Gasteiger partial charge in [-0.15, -0.1) is 0 Å². The number of hydrogen-bond acceptors (Lipinski definition) is 1. The maximum absolute atomic E-state index is 12.1. The highest BCUT2D eigenvalue weighted by atomic mass is 16.1. The smallest absolute Gasteiger partial charge is 0.141 e. The normalized spacial score (nSPS) is 36.4. The van der Waals surface area contributed by atoms with Crippen molar-refractivity contribution >= 4 is 5.78 Å². The molecule has 1 rings (SSSR count). The van der Waals surface area contributed by atoms with Crippen LogP contribution < -0.4 is 0 Å². The van der Waals surface area contributed by atoms with E-state index >= 15 is 0 Å². The van der Waals surface area contributed by atoms with Gasteiger partial charge in [0, 0.05) is 11.3 Å². The van der Waals surface area contributed by atoms with Crippen LogP contribution in [0.5, 0.6) is 0 Å². The van der Waals surface area contributed by atoms with Gasteiger partial charge in [-0.05, 0) is 24.2 Å². The number of ketones is 1. The van der Waals surface area contributed by atoms with Crippen molar-refractivity contribution < 1.29 is 4.79 Å². The minimum absolute atomic E-state index is 0.0584. The molecule has 1 aliphatic carbocycles. The van der Waals surface area contributed by atoms with Gasteiger partial charge in [0.2, 0.25) is 0 Å². The molecule has 2 atom stereocenters. The van der Waals surface area contributed by atoms with Gasteiger partial charge in [0.25, 0.3) is 0 Å². The number of carbonyl (C=O) groups excluding carboxylic acids is 1. The Morgan fingerprint density at radius 2 is 1.79 bits per heavy atom. The van der Waals surface area contributed by atoms with Gasteiger partial charge in [-0.2, -0.15) is 0 Å². The number of Topliss-reactive ketones (excluding diaryl/α,β-unsaturated/α-hetero) is 1. The quantitative estimate of drug-likeness (QED) is 0.658. The summed E-state index contributed by atoms with van der Waals surface area (Å²) in [6.07, 6.45) is 2.12. The molecule has 1 aliphatic rings. The average molecular weight is 196 g/mol. The third-order valence-electron chi connectivity index (χ3n) is 4.06. The van der Waals surface area contributed by atoms with Gasteiger partial charge in [0.05, 0.1) is 0 Å². The summed E-state index contributed by atoms with van der Waals surface area (Å²) < 4.78 is 0. The Morgan fingerprint density at radius 3 is 2.07 bits per heavy atom. The third-order valence-corrected chi connectivity index (χ3v) is 4.06. The molecule has 0 bridgehead atoms. The molecule has 1 unspecified atom stereocenters. The highest BCUT2D eigenvalue weighted by Gasteiger charge is 2.49. The molecule has 0 spiro atoms. The molecule has 82 valence electrons. The second-order valence-corrected chi connectivity index (χ2v) is 6.35. The molecule has 0 N–H and O–H groups in total. The minimum Gasteiger partial charge on any atom is -0.299 e. The van der Waals surface area contributed by atoms with E-state index in [2.05, 4.69) is 27.7 Å². The van der Waals surface area contributed by atoms with Crippen molar-refractivity contribution in [1.82, 2.24) is 0 Å². The number of carbonyl (C=O) groups is 1. The average Bonchev–Trinajstić information content (AvgIpc) is 2.20. The lowest BCUT2D eigenvalue weighted by Gasteiger charge is -2.27. The van der Waals surface area contributed by atoms with E-state index in [1.807, 2.05) is 13.8 Å². The van der Waals surface area contributed by atoms with Crippen LogP contribution in [0.1, 0.15) is 54.4 Å². The van der Waals surface area contributed by atoms with Crippen molar-refractivity contribution in [3.8, 4) is 0 Å². The molecular weight excluding hydrogens is 172 g/mol. The highest BCUT2D eigenvalue weighted by molar-refractivity contribution is 5.86. The van der Waals surface area contributed by atoms with Crippen molar-refractivity contribution in [2.24, 2.45) is 22.7 Å². The molecule has 0 aromatic carbocycles.